The zero-order valence-corrected chi connectivity index (χ0v) is 29.8. The van der Waals surface area contributed by atoms with Crippen molar-refractivity contribution in [2.45, 2.75) is 43.2 Å². The molecular formula is C43H36O12. The van der Waals surface area contributed by atoms with Gasteiger partial charge in [-0.25, -0.2) is 14.4 Å². The molecule has 0 radical (unpaired) electrons. The molecule has 5 aromatic carbocycles. The predicted molar refractivity (Wildman–Crippen MR) is 194 cm³/mol. The molecule has 12 heteroatoms. The maximum atomic E-state index is 13.4. The van der Waals surface area contributed by atoms with Crippen LogP contribution >= 0.6 is 0 Å². The van der Waals surface area contributed by atoms with Crippen LogP contribution in [0.15, 0.2) is 115 Å². The zero-order chi connectivity index (χ0) is 38.1. The number of methoxy groups -OCH3 is 2. The van der Waals surface area contributed by atoms with E-state index in [2.05, 4.69) is 0 Å². The lowest BCUT2D eigenvalue weighted by atomic mass is 9.77. The van der Waals surface area contributed by atoms with Crippen LogP contribution in [-0.4, -0.2) is 68.4 Å². The minimum Gasteiger partial charge on any atom is -0.497 e. The van der Waals surface area contributed by atoms with Gasteiger partial charge in [-0.15, -0.1) is 0 Å². The minimum absolute atomic E-state index is 0.0119. The van der Waals surface area contributed by atoms with Gasteiger partial charge in [0.15, 0.2) is 5.60 Å². The summed E-state index contributed by atoms with van der Waals surface area (Å²) < 4.78 is 48.5. The Hall–Kier alpha value is -6.21. The van der Waals surface area contributed by atoms with Gasteiger partial charge in [-0.3, -0.25) is 0 Å². The van der Waals surface area contributed by atoms with Gasteiger partial charge in [0, 0.05) is 36.3 Å². The van der Waals surface area contributed by atoms with E-state index in [1.165, 1.54) is 14.2 Å². The van der Waals surface area contributed by atoms with Crippen LogP contribution in [0.5, 0.6) is 23.0 Å². The Morgan fingerprint density at radius 1 is 0.818 bits per heavy atom. The molecule has 3 aliphatic heterocycles. The molecule has 5 aromatic rings. The summed E-state index contributed by atoms with van der Waals surface area (Å²) in [6, 6.07) is 32.7. The summed E-state index contributed by atoms with van der Waals surface area (Å²) in [7, 11) is 2.98. The van der Waals surface area contributed by atoms with Crippen molar-refractivity contribution in [2.75, 3.05) is 20.8 Å². The summed E-state index contributed by atoms with van der Waals surface area (Å²) in [5.74, 6) is -0.397. The number of hydrogen-bond donors (Lipinski definition) is 1. The largest absolute Gasteiger partial charge is 0.497 e. The number of carbonyl (C=O) groups excluding carboxylic acids is 3. The van der Waals surface area contributed by atoms with Crippen LogP contribution < -0.4 is 14.2 Å². The first-order chi connectivity index (χ1) is 26.8. The van der Waals surface area contributed by atoms with Crippen molar-refractivity contribution in [3.63, 3.8) is 0 Å². The molecule has 5 atom stereocenters. The highest BCUT2D eigenvalue weighted by Crippen LogP contribution is 2.58. The zero-order valence-electron chi connectivity index (χ0n) is 29.8. The van der Waals surface area contributed by atoms with E-state index < -0.39 is 54.7 Å². The van der Waals surface area contributed by atoms with Gasteiger partial charge in [-0.05, 0) is 54.6 Å². The lowest BCUT2D eigenvalue weighted by Gasteiger charge is -2.40. The van der Waals surface area contributed by atoms with Crippen molar-refractivity contribution in [2.24, 2.45) is 0 Å². The lowest BCUT2D eigenvalue weighted by molar-refractivity contribution is -0.236. The quantitative estimate of drug-likeness (QED) is 0.126. The smallest absolute Gasteiger partial charge is 0.340 e. The average molecular weight is 745 g/mol. The van der Waals surface area contributed by atoms with Gasteiger partial charge in [0.05, 0.1) is 36.0 Å². The number of esters is 3. The Bertz CT molecular complexity index is 2240. The van der Waals surface area contributed by atoms with Crippen LogP contribution in [0, 0.1) is 0 Å². The Kier molecular flexibility index (Phi) is 9.70. The lowest BCUT2D eigenvalue weighted by Crippen LogP contribution is -2.54. The number of fused-ring (bicyclic) bond motifs is 6. The molecule has 0 saturated carbocycles. The van der Waals surface area contributed by atoms with Crippen molar-refractivity contribution in [3.8, 4) is 23.0 Å². The van der Waals surface area contributed by atoms with Gasteiger partial charge >= 0.3 is 17.9 Å². The molecule has 1 N–H and O–H groups in total. The maximum Gasteiger partial charge on any atom is 0.340 e. The van der Waals surface area contributed by atoms with E-state index in [1.807, 2.05) is 12.1 Å². The molecule has 2 unspecified atom stereocenters. The molecule has 0 bridgehead atoms. The van der Waals surface area contributed by atoms with E-state index in [0.29, 0.717) is 44.9 Å². The SMILES string of the molecule is COc1ccc2c(c1)Oc1c(ccc(OC3C[C@@H](OC(=O)c4ccccc4)[C@@H](OC)[C@@H](COC(=O)c4ccccc4)O3)c1CO)C21OC(=O)c2ccccc21. The Morgan fingerprint density at radius 3 is 2.22 bits per heavy atom. The van der Waals surface area contributed by atoms with Crippen LogP contribution in [0.25, 0.3) is 0 Å². The molecule has 3 heterocycles. The van der Waals surface area contributed by atoms with Gasteiger partial charge in [0.25, 0.3) is 0 Å². The number of aliphatic hydroxyl groups excluding tert-OH is 1. The molecule has 0 amide bonds. The fourth-order valence-corrected chi connectivity index (χ4v) is 7.40. The first kappa shape index (κ1) is 35.8. The molecule has 1 fully saturated rings. The molecule has 55 heavy (non-hydrogen) atoms. The summed E-state index contributed by atoms with van der Waals surface area (Å²) in [5.41, 5.74) is 1.60. The summed E-state index contributed by atoms with van der Waals surface area (Å²) in [4.78, 5) is 39.6. The number of hydrogen-bond acceptors (Lipinski definition) is 12. The highest BCUT2D eigenvalue weighted by Gasteiger charge is 2.54. The minimum atomic E-state index is -1.40. The molecule has 3 aliphatic rings. The molecule has 1 saturated heterocycles. The summed E-state index contributed by atoms with van der Waals surface area (Å²) in [6.45, 7) is -0.793. The van der Waals surface area contributed by atoms with Crippen LogP contribution in [-0.2, 0) is 35.9 Å². The fraction of sp³-hybridized carbons (Fsp3) is 0.233. The van der Waals surface area contributed by atoms with Crippen molar-refractivity contribution in [3.05, 3.63) is 154 Å². The van der Waals surface area contributed by atoms with Gasteiger partial charge in [0.2, 0.25) is 6.29 Å². The van der Waals surface area contributed by atoms with E-state index in [4.69, 9.17) is 37.9 Å². The van der Waals surface area contributed by atoms with E-state index in [1.54, 1.807) is 103 Å². The van der Waals surface area contributed by atoms with E-state index >= 15 is 0 Å². The molecule has 280 valence electrons. The second-order valence-corrected chi connectivity index (χ2v) is 13.1. The third kappa shape index (κ3) is 6.43. The number of benzene rings is 5. The van der Waals surface area contributed by atoms with Crippen LogP contribution in [0.1, 0.15) is 59.7 Å². The second kappa shape index (κ2) is 14.9. The Labute approximate surface area is 316 Å². The number of rotatable bonds is 10. The molecule has 0 aromatic heterocycles. The van der Waals surface area contributed by atoms with E-state index in [-0.39, 0.29) is 30.1 Å². The highest BCUT2D eigenvalue weighted by atomic mass is 16.7. The normalized spacial score (nSPS) is 22.0. The predicted octanol–water partition coefficient (Wildman–Crippen LogP) is 6.35. The number of ether oxygens (including phenoxy) is 8. The van der Waals surface area contributed by atoms with Crippen LogP contribution in [0.4, 0.5) is 0 Å². The monoisotopic (exact) mass is 744 g/mol. The number of aliphatic hydroxyl groups is 1. The third-order valence-corrected chi connectivity index (χ3v) is 9.98. The molecule has 12 nitrogen and oxygen atoms in total. The molecular weight excluding hydrogens is 708 g/mol. The maximum absolute atomic E-state index is 13.4. The van der Waals surface area contributed by atoms with Crippen molar-refractivity contribution >= 4 is 17.9 Å². The van der Waals surface area contributed by atoms with E-state index in [9.17, 15) is 19.5 Å². The topological polar surface area (TPSA) is 145 Å². The summed E-state index contributed by atoms with van der Waals surface area (Å²) in [6.07, 6.45) is -3.76. The summed E-state index contributed by atoms with van der Waals surface area (Å²) in [5, 5.41) is 10.9. The average Bonchev–Trinajstić information content (AvgIpc) is 3.52. The van der Waals surface area contributed by atoms with E-state index in [0.717, 1.165) is 0 Å². The van der Waals surface area contributed by atoms with Gasteiger partial charge in [0.1, 0.15) is 47.9 Å². The standard InChI is InChI=1S/C43H36O12/c1-48-27-17-18-31-34(21-27)53-38-29(23-44)33(20-19-32(38)43(31)30-16-10-9-15-28(30)42(47)55-43)51-37-22-35(54-41(46)26-13-7-4-8-14-26)39(49-2)36(52-37)24-50-40(45)25-11-5-3-6-12-25/h3-21,35-37,39,44H,22-24H2,1-2H3/t35-,36-,37?,39-,43?/m1/s1. The Balaban J connectivity index is 1.15. The first-order valence-corrected chi connectivity index (χ1v) is 17.6. The fourth-order valence-electron chi connectivity index (χ4n) is 7.40. The first-order valence-electron chi connectivity index (χ1n) is 17.6. The summed E-state index contributed by atoms with van der Waals surface area (Å²) >= 11 is 0. The highest BCUT2D eigenvalue weighted by molar-refractivity contribution is 5.97. The van der Waals surface area contributed by atoms with Gasteiger partial charge in [-0.1, -0.05) is 54.6 Å². The number of carbonyl (C=O) groups is 3. The molecule has 8 rings (SSSR count). The van der Waals surface area contributed by atoms with Crippen molar-refractivity contribution in [1.29, 1.82) is 0 Å². The van der Waals surface area contributed by atoms with Crippen LogP contribution in [0.3, 0.4) is 0 Å². The molecule has 1 spiro atoms. The van der Waals surface area contributed by atoms with Crippen molar-refractivity contribution < 1.29 is 57.4 Å². The van der Waals surface area contributed by atoms with Crippen molar-refractivity contribution in [1.82, 2.24) is 0 Å². The molecule has 0 aliphatic carbocycles. The van der Waals surface area contributed by atoms with Crippen LogP contribution in [0.2, 0.25) is 0 Å². The second-order valence-electron chi connectivity index (χ2n) is 13.1. The Morgan fingerprint density at radius 2 is 1.51 bits per heavy atom. The van der Waals surface area contributed by atoms with Gasteiger partial charge < -0.3 is 43.0 Å². The third-order valence-electron chi connectivity index (χ3n) is 9.98. The van der Waals surface area contributed by atoms with Gasteiger partial charge in [-0.2, -0.15) is 0 Å².